The first-order valence-corrected chi connectivity index (χ1v) is 5.74. The van der Waals surface area contributed by atoms with Gasteiger partial charge >= 0.3 is 0 Å². The number of fused-ring (bicyclic) bond motifs is 1. The normalized spacial score (nSPS) is 35.0. The lowest BCUT2D eigenvalue weighted by molar-refractivity contribution is -0.119. The highest BCUT2D eigenvalue weighted by atomic mass is 32.2. The van der Waals surface area contributed by atoms with Crippen LogP contribution in [0.4, 0.5) is 0 Å². The second-order valence-corrected chi connectivity index (χ2v) is 5.27. The largest absolute Gasteiger partial charge is 0.297 e. The van der Waals surface area contributed by atoms with Crippen molar-refractivity contribution >= 4 is 15.8 Å². The number of carbonyl (C=O) groups excluding carboxylic acids is 1. The van der Waals surface area contributed by atoms with Gasteiger partial charge in [0, 0.05) is 6.54 Å². The lowest BCUT2D eigenvalue weighted by atomic mass is 10.0. The smallest absolute Gasteiger partial charge is 0.221 e. The van der Waals surface area contributed by atoms with Gasteiger partial charge < -0.3 is 0 Å². The van der Waals surface area contributed by atoms with E-state index in [1.54, 1.807) is 0 Å². The summed E-state index contributed by atoms with van der Waals surface area (Å²) in [6, 6.07) is -0.316. The first-order valence-electron chi connectivity index (χ1n) is 4.13. The number of rotatable bonds is 0. The predicted molar refractivity (Wildman–Crippen MR) is 43.1 cm³/mol. The molecule has 0 N–H and O–H groups in total. The lowest BCUT2D eigenvalue weighted by Gasteiger charge is -2.25. The van der Waals surface area contributed by atoms with E-state index in [2.05, 4.69) is 0 Å². The summed E-state index contributed by atoms with van der Waals surface area (Å²) >= 11 is 0. The molecule has 5 heteroatoms. The molecule has 0 spiro atoms. The van der Waals surface area contributed by atoms with Crippen molar-refractivity contribution < 1.29 is 13.2 Å². The number of piperidine rings is 1. The number of carbonyl (C=O) groups is 1. The molecule has 2 fully saturated rings. The van der Waals surface area contributed by atoms with Gasteiger partial charge in [0.1, 0.15) is 5.75 Å². The van der Waals surface area contributed by atoms with Crippen LogP contribution in [0.15, 0.2) is 0 Å². The molecular formula is C7H11NO3S. The number of sulfonamides is 1. The Bertz CT molecular complexity index is 309. The third-order valence-electron chi connectivity index (χ3n) is 2.51. The maximum absolute atomic E-state index is 11.3. The van der Waals surface area contributed by atoms with Crippen LogP contribution in [0.25, 0.3) is 0 Å². The van der Waals surface area contributed by atoms with Gasteiger partial charge in [-0.05, 0) is 12.8 Å². The maximum atomic E-state index is 11.3. The van der Waals surface area contributed by atoms with Crippen molar-refractivity contribution in [2.24, 2.45) is 0 Å². The number of hydrogen-bond donors (Lipinski definition) is 0. The molecule has 0 radical (unpaired) electrons. The van der Waals surface area contributed by atoms with Crippen molar-refractivity contribution in [3.63, 3.8) is 0 Å². The lowest BCUT2D eigenvalue weighted by Crippen LogP contribution is -2.39. The Kier molecular flexibility index (Phi) is 1.73. The summed E-state index contributed by atoms with van der Waals surface area (Å²) in [7, 11) is -3.21. The number of ketones is 1. The molecule has 0 aromatic carbocycles. The summed E-state index contributed by atoms with van der Waals surface area (Å²) in [4.78, 5) is 11.2. The molecule has 0 aliphatic carbocycles. The molecule has 2 rings (SSSR count). The molecule has 68 valence electrons. The van der Waals surface area contributed by atoms with E-state index in [-0.39, 0.29) is 17.6 Å². The van der Waals surface area contributed by atoms with E-state index in [4.69, 9.17) is 0 Å². The van der Waals surface area contributed by atoms with E-state index in [1.165, 1.54) is 4.31 Å². The molecule has 1 unspecified atom stereocenters. The Morgan fingerprint density at radius 1 is 1.33 bits per heavy atom. The molecule has 0 bridgehead atoms. The van der Waals surface area contributed by atoms with Crippen LogP contribution in [0.3, 0.4) is 0 Å². The second-order valence-electron chi connectivity index (χ2n) is 3.34. The highest BCUT2D eigenvalue weighted by Crippen LogP contribution is 2.26. The zero-order chi connectivity index (χ0) is 8.77. The van der Waals surface area contributed by atoms with Crippen molar-refractivity contribution in [1.82, 2.24) is 4.31 Å². The molecule has 0 saturated carbocycles. The Morgan fingerprint density at radius 3 is 2.75 bits per heavy atom. The Hall–Kier alpha value is -0.420. The SMILES string of the molecule is O=C1CS(=O)(=O)N2CCCCC12. The van der Waals surface area contributed by atoms with Gasteiger partial charge in [-0.15, -0.1) is 0 Å². The van der Waals surface area contributed by atoms with Crippen LogP contribution >= 0.6 is 0 Å². The minimum absolute atomic E-state index is 0.116. The fourth-order valence-corrected chi connectivity index (χ4v) is 3.65. The monoisotopic (exact) mass is 189 g/mol. The third kappa shape index (κ3) is 1.08. The van der Waals surface area contributed by atoms with Gasteiger partial charge in [0.05, 0.1) is 6.04 Å². The topological polar surface area (TPSA) is 54.5 Å². The van der Waals surface area contributed by atoms with Gasteiger partial charge in [0.25, 0.3) is 0 Å². The van der Waals surface area contributed by atoms with Crippen LogP contribution < -0.4 is 0 Å². The van der Waals surface area contributed by atoms with Crippen LogP contribution in [-0.4, -0.2) is 36.8 Å². The summed E-state index contributed by atoms with van der Waals surface area (Å²) in [6.07, 6.45) is 2.59. The second kappa shape index (κ2) is 2.53. The highest BCUT2D eigenvalue weighted by molar-refractivity contribution is 7.90. The standard InChI is InChI=1S/C7H11NO3S/c9-7-5-12(10,11)8-4-2-1-3-6(7)8/h6H,1-5H2. The van der Waals surface area contributed by atoms with E-state index in [0.717, 1.165) is 19.3 Å². The number of Topliss-reactive ketones (excluding diaryl/α,β-unsaturated/α-hetero) is 1. The van der Waals surface area contributed by atoms with Crippen molar-refractivity contribution in [2.45, 2.75) is 25.3 Å². The quantitative estimate of drug-likeness (QED) is 0.528. The maximum Gasteiger partial charge on any atom is 0.221 e. The highest BCUT2D eigenvalue weighted by Gasteiger charge is 2.44. The first-order chi connectivity index (χ1) is 5.61. The first kappa shape index (κ1) is 8.19. The zero-order valence-corrected chi connectivity index (χ0v) is 7.51. The van der Waals surface area contributed by atoms with Crippen molar-refractivity contribution in [3.05, 3.63) is 0 Å². The summed E-state index contributed by atoms with van der Waals surface area (Å²) in [5.41, 5.74) is 0. The molecule has 12 heavy (non-hydrogen) atoms. The average Bonchev–Trinajstić information content (AvgIpc) is 2.25. The fraction of sp³-hybridized carbons (Fsp3) is 0.857. The summed E-state index contributed by atoms with van der Waals surface area (Å²) in [6.45, 7) is 0.540. The van der Waals surface area contributed by atoms with Gasteiger partial charge in [0.15, 0.2) is 5.78 Å². The van der Waals surface area contributed by atoms with E-state index in [9.17, 15) is 13.2 Å². The Morgan fingerprint density at radius 2 is 2.08 bits per heavy atom. The van der Waals surface area contributed by atoms with E-state index < -0.39 is 10.0 Å². The molecular weight excluding hydrogens is 178 g/mol. The van der Waals surface area contributed by atoms with Crippen LogP contribution in [0, 0.1) is 0 Å². The molecule has 0 aromatic heterocycles. The summed E-state index contributed by atoms with van der Waals surface area (Å²) in [5, 5.41) is 0. The van der Waals surface area contributed by atoms with E-state index in [1.807, 2.05) is 0 Å². The third-order valence-corrected chi connectivity index (χ3v) is 4.31. The van der Waals surface area contributed by atoms with Crippen molar-refractivity contribution in [1.29, 1.82) is 0 Å². The van der Waals surface area contributed by atoms with Crippen LogP contribution in [0.5, 0.6) is 0 Å². The molecule has 0 amide bonds. The Balaban J connectivity index is 2.34. The van der Waals surface area contributed by atoms with Crippen LogP contribution in [0.1, 0.15) is 19.3 Å². The van der Waals surface area contributed by atoms with Gasteiger partial charge in [-0.3, -0.25) is 4.79 Å². The van der Waals surface area contributed by atoms with Gasteiger partial charge in [-0.25, -0.2) is 8.42 Å². The number of hydrogen-bond acceptors (Lipinski definition) is 3. The number of nitrogens with zero attached hydrogens (tertiary/aromatic N) is 1. The molecule has 1 atom stereocenters. The summed E-state index contributed by atoms with van der Waals surface area (Å²) in [5.74, 6) is -0.382. The molecule has 2 heterocycles. The van der Waals surface area contributed by atoms with Crippen molar-refractivity contribution in [2.75, 3.05) is 12.3 Å². The molecule has 2 aliphatic heterocycles. The average molecular weight is 189 g/mol. The Labute approximate surface area is 71.6 Å². The predicted octanol–water partition coefficient (Wildman–Crippen LogP) is -0.247. The van der Waals surface area contributed by atoms with Crippen LogP contribution in [0.2, 0.25) is 0 Å². The molecule has 2 aliphatic rings. The zero-order valence-electron chi connectivity index (χ0n) is 6.69. The minimum atomic E-state index is -3.21. The van der Waals surface area contributed by atoms with Gasteiger partial charge in [-0.1, -0.05) is 6.42 Å². The molecule has 0 aromatic rings. The van der Waals surface area contributed by atoms with Crippen LogP contribution in [-0.2, 0) is 14.8 Å². The molecule has 4 nitrogen and oxygen atoms in total. The van der Waals surface area contributed by atoms with E-state index in [0.29, 0.717) is 6.54 Å². The van der Waals surface area contributed by atoms with E-state index >= 15 is 0 Å². The van der Waals surface area contributed by atoms with Gasteiger partial charge in [-0.2, -0.15) is 4.31 Å². The fourth-order valence-electron chi connectivity index (χ4n) is 1.92. The molecule has 2 saturated heterocycles. The van der Waals surface area contributed by atoms with Crippen molar-refractivity contribution in [3.8, 4) is 0 Å². The van der Waals surface area contributed by atoms with Gasteiger partial charge in [0.2, 0.25) is 10.0 Å². The summed E-state index contributed by atoms with van der Waals surface area (Å²) < 4.78 is 24.0. The minimum Gasteiger partial charge on any atom is -0.297 e.